The summed E-state index contributed by atoms with van der Waals surface area (Å²) in [5.41, 5.74) is 3.74. The molecule has 0 unspecified atom stereocenters. The van der Waals surface area contributed by atoms with Crippen molar-refractivity contribution in [3.8, 4) is 0 Å². The van der Waals surface area contributed by atoms with Crippen LogP contribution in [-0.2, 0) is 20.9 Å². The number of hydrogen-bond acceptors (Lipinski definition) is 4. The molecule has 0 aliphatic heterocycles. The van der Waals surface area contributed by atoms with Gasteiger partial charge in [-0.05, 0) is 42.2 Å². The second-order valence-corrected chi connectivity index (χ2v) is 8.43. The number of nitrogens with zero attached hydrogens (tertiary/aromatic N) is 2. The highest BCUT2D eigenvalue weighted by Gasteiger charge is 2.23. The Hall–Kier alpha value is -2.86. The van der Waals surface area contributed by atoms with E-state index in [0.717, 1.165) is 22.5 Å². The lowest BCUT2D eigenvalue weighted by molar-refractivity contribution is -0.138. The molecule has 6 heteroatoms. The number of anilines is 2. The number of amides is 2. The van der Waals surface area contributed by atoms with Crippen molar-refractivity contribution in [2.75, 3.05) is 38.0 Å². The molecule has 31 heavy (non-hydrogen) atoms. The summed E-state index contributed by atoms with van der Waals surface area (Å²) in [6, 6.07) is 15.7. The van der Waals surface area contributed by atoms with Crippen LogP contribution in [0.25, 0.3) is 0 Å². The lowest BCUT2D eigenvalue weighted by atomic mass is 10.0. The fourth-order valence-electron chi connectivity index (χ4n) is 3.55. The van der Waals surface area contributed by atoms with Crippen LogP contribution in [0, 0.1) is 5.92 Å². The maximum atomic E-state index is 12.9. The van der Waals surface area contributed by atoms with Gasteiger partial charge in [0, 0.05) is 45.5 Å². The third-order valence-corrected chi connectivity index (χ3v) is 5.12. The topological polar surface area (TPSA) is 61.9 Å². The van der Waals surface area contributed by atoms with E-state index in [1.807, 2.05) is 93.2 Å². The summed E-state index contributed by atoms with van der Waals surface area (Å²) >= 11 is 0. The zero-order valence-electron chi connectivity index (χ0n) is 19.5. The summed E-state index contributed by atoms with van der Waals surface area (Å²) < 4.78 is 5.14. The minimum absolute atomic E-state index is 0.0106. The van der Waals surface area contributed by atoms with Crippen molar-refractivity contribution in [2.45, 2.75) is 39.8 Å². The fraction of sp³-hybridized carbons (Fsp3) is 0.440. The minimum Gasteiger partial charge on any atom is -0.377 e. The Bertz CT molecular complexity index is 866. The average molecular weight is 426 g/mol. The molecule has 0 heterocycles. The van der Waals surface area contributed by atoms with E-state index in [2.05, 4.69) is 5.32 Å². The van der Waals surface area contributed by atoms with Gasteiger partial charge in [-0.25, -0.2) is 0 Å². The van der Waals surface area contributed by atoms with Crippen LogP contribution in [0.1, 0.15) is 44.4 Å². The smallest absolute Gasteiger partial charge is 0.249 e. The predicted molar refractivity (Wildman–Crippen MR) is 126 cm³/mol. The first-order chi connectivity index (χ1) is 14.7. The molecule has 0 radical (unpaired) electrons. The number of nitrogens with one attached hydrogen (secondary N) is 1. The maximum Gasteiger partial charge on any atom is 0.249 e. The van der Waals surface area contributed by atoms with Gasteiger partial charge < -0.3 is 19.9 Å². The van der Waals surface area contributed by atoms with Crippen molar-refractivity contribution in [2.24, 2.45) is 5.92 Å². The Morgan fingerprint density at radius 2 is 1.71 bits per heavy atom. The zero-order chi connectivity index (χ0) is 23.0. The van der Waals surface area contributed by atoms with Crippen LogP contribution in [0.3, 0.4) is 0 Å². The van der Waals surface area contributed by atoms with Gasteiger partial charge in [-0.1, -0.05) is 44.2 Å². The minimum atomic E-state index is -0.127. The van der Waals surface area contributed by atoms with Gasteiger partial charge in [0.2, 0.25) is 11.8 Å². The van der Waals surface area contributed by atoms with Gasteiger partial charge in [0.1, 0.15) is 6.61 Å². The number of carbonyl (C=O) groups excluding carboxylic acids is 2. The highest BCUT2D eigenvalue weighted by Crippen LogP contribution is 2.29. The van der Waals surface area contributed by atoms with E-state index < -0.39 is 0 Å². The summed E-state index contributed by atoms with van der Waals surface area (Å²) in [6.07, 6.45) is 0.467. The van der Waals surface area contributed by atoms with Crippen LogP contribution in [0.2, 0.25) is 0 Å². The first-order valence-electron chi connectivity index (χ1n) is 10.7. The molecule has 0 saturated heterocycles. The third kappa shape index (κ3) is 7.10. The number of benzene rings is 2. The Kier molecular flexibility index (Phi) is 9.06. The van der Waals surface area contributed by atoms with E-state index in [9.17, 15) is 9.59 Å². The van der Waals surface area contributed by atoms with Crippen molar-refractivity contribution in [3.63, 3.8) is 0 Å². The van der Waals surface area contributed by atoms with E-state index in [1.54, 1.807) is 0 Å². The van der Waals surface area contributed by atoms with Crippen molar-refractivity contribution < 1.29 is 14.3 Å². The van der Waals surface area contributed by atoms with Crippen LogP contribution in [0.15, 0.2) is 48.5 Å². The first-order valence-corrected chi connectivity index (χ1v) is 10.7. The Morgan fingerprint density at radius 3 is 2.29 bits per heavy atom. The van der Waals surface area contributed by atoms with Crippen LogP contribution >= 0.6 is 0 Å². The van der Waals surface area contributed by atoms with E-state index in [-0.39, 0.29) is 30.4 Å². The molecule has 0 aliphatic rings. The first kappa shape index (κ1) is 24.4. The number of hydrogen-bond donors (Lipinski definition) is 1. The van der Waals surface area contributed by atoms with Gasteiger partial charge in [0.25, 0.3) is 0 Å². The number of methoxy groups -OCH3 is 1. The van der Waals surface area contributed by atoms with E-state index in [4.69, 9.17) is 4.74 Å². The summed E-state index contributed by atoms with van der Waals surface area (Å²) in [6.45, 7) is 6.47. The Morgan fingerprint density at radius 1 is 1.03 bits per heavy atom. The van der Waals surface area contributed by atoms with Crippen molar-refractivity contribution in [3.05, 3.63) is 59.7 Å². The van der Waals surface area contributed by atoms with E-state index >= 15 is 0 Å². The zero-order valence-corrected chi connectivity index (χ0v) is 19.5. The highest BCUT2D eigenvalue weighted by molar-refractivity contribution is 5.91. The van der Waals surface area contributed by atoms with Gasteiger partial charge in [0.15, 0.2) is 0 Å². The molecular formula is C25H35N3O3. The predicted octanol–water partition coefficient (Wildman–Crippen LogP) is 4.47. The van der Waals surface area contributed by atoms with Crippen molar-refractivity contribution >= 4 is 23.2 Å². The van der Waals surface area contributed by atoms with Gasteiger partial charge in [-0.2, -0.15) is 0 Å². The Labute approximate surface area is 186 Å². The SMILES string of the molecule is COCC(=O)N(Cc1cc(NC(=O)CC(C)C)ccc1N(C)C)[C@H](C)c1ccccc1. The summed E-state index contributed by atoms with van der Waals surface area (Å²) in [4.78, 5) is 29.0. The molecule has 0 saturated carbocycles. The molecule has 168 valence electrons. The largest absolute Gasteiger partial charge is 0.377 e. The molecule has 0 fully saturated rings. The molecule has 2 rings (SSSR count). The molecule has 1 N–H and O–H groups in total. The molecule has 0 spiro atoms. The van der Waals surface area contributed by atoms with E-state index in [0.29, 0.717) is 13.0 Å². The van der Waals surface area contributed by atoms with Crippen LogP contribution < -0.4 is 10.2 Å². The molecular weight excluding hydrogens is 390 g/mol. The number of ether oxygens (including phenoxy) is 1. The highest BCUT2D eigenvalue weighted by atomic mass is 16.5. The molecule has 1 atom stereocenters. The lowest BCUT2D eigenvalue weighted by Gasteiger charge is -2.31. The van der Waals surface area contributed by atoms with Gasteiger partial charge in [0.05, 0.1) is 6.04 Å². The summed E-state index contributed by atoms with van der Waals surface area (Å²) in [5, 5.41) is 2.98. The molecule has 0 aliphatic carbocycles. The van der Waals surface area contributed by atoms with Crippen LogP contribution in [0.5, 0.6) is 0 Å². The molecule has 0 aromatic heterocycles. The summed E-state index contributed by atoms with van der Waals surface area (Å²) in [5.74, 6) is 0.190. The van der Waals surface area contributed by atoms with Crippen molar-refractivity contribution in [1.29, 1.82) is 0 Å². The van der Waals surface area contributed by atoms with Crippen LogP contribution in [0.4, 0.5) is 11.4 Å². The second kappa shape index (κ2) is 11.5. The number of rotatable bonds is 10. The standard InChI is InChI=1S/C25H35N3O3/c1-18(2)14-24(29)26-22-12-13-23(27(4)5)21(15-22)16-28(25(30)17-31-6)19(3)20-10-8-7-9-11-20/h7-13,15,18-19H,14,16-17H2,1-6H3,(H,26,29)/t19-/m1/s1. The monoisotopic (exact) mass is 425 g/mol. The average Bonchev–Trinajstić information content (AvgIpc) is 2.71. The maximum absolute atomic E-state index is 12.9. The molecule has 0 bridgehead atoms. The van der Waals surface area contributed by atoms with Gasteiger partial charge in [-0.3, -0.25) is 9.59 Å². The van der Waals surface area contributed by atoms with Crippen molar-refractivity contribution in [1.82, 2.24) is 4.90 Å². The quantitative estimate of drug-likeness (QED) is 0.610. The summed E-state index contributed by atoms with van der Waals surface area (Å²) in [7, 11) is 5.47. The molecule has 2 aromatic rings. The third-order valence-electron chi connectivity index (χ3n) is 5.12. The van der Waals surface area contributed by atoms with E-state index in [1.165, 1.54) is 7.11 Å². The molecule has 6 nitrogen and oxygen atoms in total. The molecule has 2 amide bonds. The number of carbonyl (C=O) groups is 2. The van der Waals surface area contributed by atoms with Gasteiger partial charge in [-0.15, -0.1) is 0 Å². The normalized spacial score (nSPS) is 11.8. The molecule has 2 aromatic carbocycles. The van der Waals surface area contributed by atoms with Crippen LogP contribution in [-0.4, -0.2) is 44.5 Å². The van der Waals surface area contributed by atoms with Gasteiger partial charge >= 0.3 is 0 Å². The second-order valence-electron chi connectivity index (χ2n) is 8.43. The fourth-order valence-corrected chi connectivity index (χ4v) is 3.55. The lowest BCUT2D eigenvalue weighted by Crippen LogP contribution is -2.36. The Balaban J connectivity index is 2.37.